The largest absolute Gasteiger partial charge is 0.508 e. The topological polar surface area (TPSA) is 38.1 Å². The highest BCUT2D eigenvalue weighted by Crippen LogP contribution is 2.38. The molecule has 0 fully saturated rings. The van der Waals surface area contributed by atoms with Gasteiger partial charge in [0.2, 0.25) is 0 Å². The van der Waals surface area contributed by atoms with Crippen molar-refractivity contribution in [3.8, 4) is 5.75 Å². The van der Waals surface area contributed by atoms with Crippen LogP contribution in [-0.4, -0.2) is 14.7 Å². The number of benzene rings is 2. The Morgan fingerprint density at radius 3 is 2.62 bits per heavy atom. The quantitative estimate of drug-likeness (QED) is 0.522. The average Bonchev–Trinajstić information content (AvgIpc) is 2.78. The molecule has 0 spiro atoms. The molecule has 0 aliphatic carbocycles. The summed E-state index contributed by atoms with van der Waals surface area (Å²) in [4.78, 5) is 4.27. The molecule has 0 atom stereocenters. The van der Waals surface area contributed by atoms with Crippen molar-refractivity contribution in [1.82, 2.24) is 9.55 Å². The van der Waals surface area contributed by atoms with Crippen LogP contribution in [0.5, 0.6) is 5.75 Å². The molecule has 21 heavy (non-hydrogen) atoms. The lowest BCUT2D eigenvalue weighted by atomic mass is 9.97. The van der Waals surface area contributed by atoms with E-state index in [-0.39, 0.29) is 0 Å². The minimum atomic E-state index is 0.304. The third kappa shape index (κ3) is 1.46. The molecule has 2 aromatic heterocycles. The Hall–Kier alpha value is -2.55. The Balaban J connectivity index is 2.41. The standard InChI is InChI=1S/C18H16N2O/c1-10-15-9-19-7-6-13(15)11(2)18-17(10)14-8-12(21)4-5-16(14)20(18)3/h4-9,21H,1-3H3. The fourth-order valence-electron chi connectivity index (χ4n) is 3.53. The van der Waals surface area contributed by atoms with E-state index < -0.39 is 0 Å². The highest BCUT2D eigenvalue weighted by Gasteiger charge is 2.16. The number of hydrogen-bond donors (Lipinski definition) is 1. The summed E-state index contributed by atoms with van der Waals surface area (Å²) in [5.74, 6) is 0.304. The van der Waals surface area contributed by atoms with E-state index >= 15 is 0 Å². The van der Waals surface area contributed by atoms with Crippen LogP contribution in [0.25, 0.3) is 32.6 Å². The molecule has 3 nitrogen and oxygen atoms in total. The van der Waals surface area contributed by atoms with Crippen molar-refractivity contribution in [2.45, 2.75) is 13.8 Å². The number of fused-ring (bicyclic) bond motifs is 4. The minimum absolute atomic E-state index is 0.304. The summed E-state index contributed by atoms with van der Waals surface area (Å²) in [6.45, 7) is 4.29. The predicted octanol–water partition coefficient (Wildman–Crippen LogP) is 4.20. The molecule has 3 heteroatoms. The fourth-order valence-corrected chi connectivity index (χ4v) is 3.53. The van der Waals surface area contributed by atoms with Gasteiger partial charge in [0.25, 0.3) is 0 Å². The van der Waals surface area contributed by atoms with Crippen LogP contribution in [0.2, 0.25) is 0 Å². The highest BCUT2D eigenvalue weighted by atomic mass is 16.3. The summed E-state index contributed by atoms with van der Waals surface area (Å²) in [5, 5.41) is 14.6. The number of aromatic hydroxyl groups is 1. The monoisotopic (exact) mass is 276 g/mol. The third-order valence-corrected chi connectivity index (χ3v) is 4.54. The van der Waals surface area contributed by atoms with E-state index in [4.69, 9.17) is 0 Å². The Kier molecular flexibility index (Phi) is 2.31. The van der Waals surface area contributed by atoms with Gasteiger partial charge in [0.05, 0.1) is 5.52 Å². The van der Waals surface area contributed by atoms with Crippen LogP contribution in [0.15, 0.2) is 36.7 Å². The zero-order valence-electron chi connectivity index (χ0n) is 12.3. The van der Waals surface area contributed by atoms with Gasteiger partial charge in [-0.25, -0.2) is 0 Å². The van der Waals surface area contributed by atoms with Crippen molar-refractivity contribution >= 4 is 32.6 Å². The first-order valence-corrected chi connectivity index (χ1v) is 7.03. The lowest BCUT2D eigenvalue weighted by Gasteiger charge is -2.10. The van der Waals surface area contributed by atoms with Gasteiger partial charge >= 0.3 is 0 Å². The number of rotatable bonds is 0. The van der Waals surface area contributed by atoms with Crippen molar-refractivity contribution in [2.75, 3.05) is 0 Å². The molecule has 0 unspecified atom stereocenters. The number of nitrogens with zero attached hydrogens (tertiary/aromatic N) is 2. The maximum atomic E-state index is 9.85. The molecular weight excluding hydrogens is 260 g/mol. The van der Waals surface area contributed by atoms with Crippen molar-refractivity contribution in [3.63, 3.8) is 0 Å². The number of aromatic nitrogens is 2. The maximum absolute atomic E-state index is 9.85. The van der Waals surface area contributed by atoms with E-state index in [1.54, 1.807) is 6.07 Å². The summed E-state index contributed by atoms with van der Waals surface area (Å²) < 4.78 is 2.21. The molecule has 4 rings (SSSR count). The van der Waals surface area contributed by atoms with E-state index in [0.717, 1.165) is 10.9 Å². The van der Waals surface area contributed by atoms with E-state index in [1.165, 1.54) is 32.8 Å². The van der Waals surface area contributed by atoms with Gasteiger partial charge in [-0.1, -0.05) is 0 Å². The minimum Gasteiger partial charge on any atom is -0.508 e. The van der Waals surface area contributed by atoms with Crippen molar-refractivity contribution in [1.29, 1.82) is 0 Å². The lowest BCUT2D eigenvalue weighted by Crippen LogP contribution is -1.92. The van der Waals surface area contributed by atoms with Crippen LogP contribution in [-0.2, 0) is 7.05 Å². The van der Waals surface area contributed by atoms with Crippen molar-refractivity contribution in [3.05, 3.63) is 47.8 Å². The molecule has 0 saturated carbocycles. The molecule has 2 aromatic carbocycles. The molecule has 0 bridgehead atoms. The number of hydrogen-bond acceptors (Lipinski definition) is 2. The van der Waals surface area contributed by atoms with Crippen molar-refractivity contribution < 1.29 is 5.11 Å². The van der Waals surface area contributed by atoms with Crippen LogP contribution in [0, 0.1) is 13.8 Å². The molecule has 0 aliphatic heterocycles. The summed E-state index contributed by atoms with van der Waals surface area (Å²) in [7, 11) is 2.08. The zero-order chi connectivity index (χ0) is 14.7. The van der Waals surface area contributed by atoms with Crippen LogP contribution < -0.4 is 0 Å². The summed E-state index contributed by atoms with van der Waals surface area (Å²) >= 11 is 0. The molecule has 104 valence electrons. The Bertz CT molecular complexity index is 1030. The van der Waals surface area contributed by atoms with Gasteiger partial charge < -0.3 is 9.67 Å². The number of pyridine rings is 1. The predicted molar refractivity (Wildman–Crippen MR) is 86.9 cm³/mol. The van der Waals surface area contributed by atoms with Crippen LogP contribution in [0.3, 0.4) is 0 Å². The Morgan fingerprint density at radius 1 is 1.00 bits per heavy atom. The van der Waals surface area contributed by atoms with E-state index in [0.29, 0.717) is 5.75 Å². The van der Waals surface area contributed by atoms with Crippen LogP contribution in [0.4, 0.5) is 0 Å². The molecule has 0 radical (unpaired) electrons. The highest BCUT2D eigenvalue weighted by molar-refractivity contribution is 6.17. The normalized spacial score (nSPS) is 11.8. The molecule has 0 saturated heterocycles. The number of phenolic OH excluding ortho intramolecular Hbond substituents is 1. The molecule has 2 heterocycles. The molecular formula is C18H16N2O. The average molecular weight is 276 g/mol. The SMILES string of the molecule is Cc1c2cnccc2c(C)c2c1c1cc(O)ccc1n2C. The summed E-state index contributed by atoms with van der Waals surface area (Å²) in [5.41, 5.74) is 4.84. The number of aryl methyl sites for hydroxylation is 3. The van der Waals surface area contributed by atoms with Crippen molar-refractivity contribution in [2.24, 2.45) is 7.05 Å². The van der Waals surface area contributed by atoms with Gasteiger partial charge in [0.15, 0.2) is 0 Å². The van der Waals surface area contributed by atoms with Crippen LogP contribution in [0.1, 0.15) is 11.1 Å². The molecule has 0 aliphatic rings. The summed E-state index contributed by atoms with van der Waals surface area (Å²) in [6, 6.07) is 7.65. The second-order valence-corrected chi connectivity index (χ2v) is 5.66. The Labute approximate surface area is 122 Å². The molecule has 1 N–H and O–H groups in total. The third-order valence-electron chi connectivity index (χ3n) is 4.54. The van der Waals surface area contributed by atoms with Gasteiger partial charge in [-0.05, 0) is 54.6 Å². The van der Waals surface area contributed by atoms with Gasteiger partial charge in [-0.15, -0.1) is 0 Å². The van der Waals surface area contributed by atoms with Gasteiger partial charge in [0, 0.05) is 41.1 Å². The van der Waals surface area contributed by atoms with Gasteiger partial charge in [-0.3, -0.25) is 4.98 Å². The number of phenols is 1. The smallest absolute Gasteiger partial charge is 0.116 e. The van der Waals surface area contributed by atoms with Gasteiger partial charge in [0.1, 0.15) is 5.75 Å². The molecule has 0 amide bonds. The first-order chi connectivity index (χ1) is 10.1. The maximum Gasteiger partial charge on any atom is 0.116 e. The van der Waals surface area contributed by atoms with E-state index in [9.17, 15) is 5.11 Å². The summed E-state index contributed by atoms with van der Waals surface area (Å²) in [6.07, 6.45) is 3.77. The van der Waals surface area contributed by atoms with E-state index in [1.807, 2.05) is 24.5 Å². The molecule has 4 aromatic rings. The Morgan fingerprint density at radius 2 is 1.81 bits per heavy atom. The lowest BCUT2D eigenvalue weighted by molar-refractivity contribution is 0.476. The second kappa shape index (κ2) is 3.98. The van der Waals surface area contributed by atoms with E-state index in [2.05, 4.69) is 36.5 Å². The fraction of sp³-hybridized carbons (Fsp3) is 0.167. The first-order valence-electron chi connectivity index (χ1n) is 7.03. The second-order valence-electron chi connectivity index (χ2n) is 5.66. The van der Waals surface area contributed by atoms with Crippen LogP contribution >= 0.6 is 0 Å². The zero-order valence-corrected chi connectivity index (χ0v) is 12.3. The first kappa shape index (κ1) is 12.2. The van der Waals surface area contributed by atoms with Gasteiger partial charge in [-0.2, -0.15) is 0 Å².